The molecule has 0 aromatic heterocycles. The average molecular weight is 358 g/mol. The minimum atomic E-state index is -1.26. The van der Waals surface area contributed by atoms with Gasteiger partial charge in [0, 0.05) is 0 Å². The van der Waals surface area contributed by atoms with Gasteiger partial charge in [-0.1, -0.05) is 0 Å². The number of anilines is 1. The Balaban J connectivity index is 1.68. The third kappa shape index (κ3) is 3.57. The van der Waals surface area contributed by atoms with Crippen molar-refractivity contribution in [3.05, 3.63) is 59.7 Å². The van der Waals surface area contributed by atoms with Crippen molar-refractivity contribution >= 4 is 31.0 Å². The van der Waals surface area contributed by atoms with E-state index >= 15 is 0 Å². The van der Waals surface area contributed by atoms with Gasteiger partial charge in [0.2, 0.25) is 0 Å². The van der Waals surface area contributed by atoms with E-state index in [1.165, 1.54) is 4.35 Å². The third-order valence-corrected chi connectivity index (χ3v) is 7.45. The van der Waals surface area contributed by atoms with E-state index in [1.54, 1.807) is 6.07 Å². The summed E-state index contributed by atoms with van der Waals surface area (Å²) in [7, 11) is 0. The van der Waals surface area contributed by atoms with E-state index < -0.39 is 15.1 Å². The molecule has 1 fully saturated rings. The van der Waals surface area contributed by atoms with Crippen LogP contribution in [0, 0.1) is 0 Å². The number of nitrogens with one attached hydrogen (secondary N) is 3. The van der Waals surface area contributed by atoms with Crippen molar-refractivity contribution in [2.24, 2.45) is 5.73 Å². The molecule has 1 heterocycles. The van der Waals surface area contributed by atoms with Gasteiger partial charge in [-0.2, -0.15) is 0 Å². The Morgan fingerprint density at radius 2 is 1.86 bits per heavy atom. The molecule has 0 atom stereocenters. The van der Waals surface area contributed by atoms with E-state index in [0.717, 1.165) is 24.3 Å². The summed E-state index contributed by atoms with van der Waals surface area (Å²) in [5.41, 5.74) is 7.99. The molecule has 1 aliphatic rings. The summed E-state index contributed by atoms with van der Waals surface area (Å²) < 4.78 is 8.33. The average Bonchev–Trinajstić information content (AvgIpc) is 3.10. The van der Waals surface area contributed by atoms with Crippen LogP contribution in [-0.4, -0.2) is 34.1 Å². The molecule has 114 valence electrons. The fourth-order valence-electron chi connectivity index (χ4n) is 2.31. The monoisotopic (exact) mass is 358 g/mol. The first-order valence-corrected chi connectivity index (χ1v) is 10.1. The van der Waals surface area contributed by atoms with Gasteiger partial charge in [0.25, 0.3) is 0 Å². The van der Waals surface area contributed by atoms with Crippen molar-refractivity contribution in [3.8, 4) is 0 Å². The second-order valence-corrected chi connectivity index (χ2v) is 8.87. The van der Waals surface area contributed by atoms with Gasteiger partial charge in [-0.3, -0.25) is 0 Å². The van der Waals surface area contributed by atoms with E-state index in [2.05, 4.69) is 25.9 Å². The van der Waals surface area contributed by atoms with Gasteiger partial charge in [0.1, 0.15) is 0 Å². The zero-order valence-corrected chi connectivity index (χ0v) is 14.0. The quantitative estimate of drug-likeness (QED) is 0.593. The van der Waals surface area contributed by atoms with Gasteiger partial charge in [-0.15, -0.1) is 0 Å². The van der Waals surface area contributed by atoms with Gasteiger partial charge < -0.3 is 0 Å². The molecule has 1 saturated heterocycles. The number of amides is 1. The molecule has 0 spiro atoms. The maximum atomic E-state index is 12.3. The Hall–Kier alpha value is -1.65. The van der Waals surface area contributed by atoms with Crippen LogP contribution < -0.4 is 23.9 Å². The van der Waals surface area contributed by atoms with E-state index in [0.29, 0.717) is 12.1 Å². The van der Waals surface area contributed by atoms with Crippen LogP contribution in [0.2, 0.25) is 0 Å². The summed E-state index contributed by atoms with van der Waals surface area (Å²) in [6.45, 7) is 2.51. The first kappa shape index (κ1) is 15.3. The van der Waals surface area contributed by atoms with Gasteiger partial charge in [0.05, 0.1) is 0 Å². The van der Waals surface area contributed by atoms with Gasteiger partial charge in [-0.25, -0.2) is 0 Å². The van der Waals surface area contributed by atoms with E-state index in [1.807, 2.05) is 30.3 Å². The van der Waals surface area contributed by atoms with Crippen molar-refractivity contribution in [3.63, 3.8) is 0 Å². The number of rotatable bonds is 4. The summed E-state index contributed by atoms with van der Waals surface area (Å²) in [5, 5.41) is 2.92. The third-order valence-electron chi connectivity index (χ3n) is 3.47. The van der Waals surface area contributed by atoms with Gasteiger partial charge >= 0.3 is 135 Å². The first-order chi connectivity index (χ1) is 10.8. The summed E-state index contributed by atoms with van der Waals surface area (Å²) in [4.78, 5) is 12.3. The molecule has 1 aliphatic heterocycles. The number of hydrogen-bond donors (Lipinski definition) is 4. The van der Waals surface area contributed by atoms with Crippen molar-refractivity contribution in [2.45, 2.75) is 6.54 Å². The molecular formula is C16H19AsN4O. The Morgan fingerprint density at radius 3 is 2.55 bits per heavy atom. The Kier molecular flexibility index (Phi) is 4.90. The van der Waals surface area contributed by atoms with Gasteiger partial charge in [-0.05, 0) is 0 Å². The van der Waals surface area contributed by atoms with Crippen LogP contribution in [0.4, 0.5) is 5.69 Å². The number of nitrogens with two attached hydrogens (primary N) is 1. The number of carbonyl (C=O) groups excluding carboxylic acids is 1. The standard InChI is InChI=1S/C16H19AsN4O/c18-11-12-2-1-3-13(10-12)16(22)21-15-6-4-14(5-7-15)17-19-8-9-20-17/h1-7,10,19-20H,8-9,11,18H2,(H,21,22). The molecule has 3 rings (SSSR count). The predicted molar refractivity (Wildman–Crippen MR) is 90.1 cm³/mol. The van der Waals surface area contributed by atoms with E-state index in [9.17, 15) is 4.79 Å². The van der Waals surface area contributed by atoms with E-state index in [-0.39, 0.29) is 5.91 Å². The Morgan fingerprint density at radius 1 is 1.14 bits per heavy atom. The molecule has 1 amide bonds. The zero-order valence-electron chi connectivity index (χ0n) is 12.2. The SMILES string of the molecule is NCc1cccc(C(=O)Nc2ccc([As]3NCCN3)cc2)c1. The summed E-state index contributed by atoms with van der Waals surface area (Å²) in [6.07, 6.45) is 0. The fraction of sp³-hybridized carbons (Fsp3) is 0.188. The molecule has 2 aromatic carbocycles. The molecular weight excluding hydrogens is 339 g/mol. The number of hydrogen-bond acceptors (Lipinski definition) is 4. The summed E-state index contributed by atoms with van der Waals surface area (Å²) in [6, 6.07) is 15.5. The molecule has 6 heteroatoms. The van der Waals surface area contributed by atoms with Crippen molar-refractivity contribution in [1.82, 2.24) is 8.47 Å². The minimum absolute atomic E-state index is 0.113. The molecule has 22 heavy (non-hydrogen) atoms. The molecule has 5 N–H and O–H groups in total. The normalized spacial score (nSPS) is 15.0. The van der Waals surface area contributed by atoms with E-state index in [4.69, 9.17) is 5.73 Å². The second kappa shape index (κ2) is 7.07. The molecule has 0 radical (unpaired) electrons. The van der Waals surface area contributed by atoms with Crippen molar-refractivity contribution in [1.29, 1.82) is 0 Å². The van der Waals surface area contributed by atoms with Crippen molar-refractivity contribution < 1.29 is 4.79 Å². The molecule has 5 nitrogen and oxygen atoms in total. The van der Waals surface area contributed by atoms with Crippen LogP contribution in [-0.2, 0) is 6.54 Å². The molecule has 0 saturated carbocycles. The van der Waals surface area contributed by atoms with Crippen molar-refractivity contribution in [2.75, 3.05) is 18.4 Å². The van der Waals surface area contributed by atoms with Crippen LogP contribution in [0.1, 0.15) is 15.9 Å². The van der Waals surface area contributed by atoms with Crippen LogP contribution >= 0.6 is 0 Å². The molecule has 0 bridgehead atoms. The first-order valence-electron chi connectivity index (χ1n) is 7.24. The summed E-state index contributed by atoms with van der Waals surface area (Å²) in [5.74, 6) is -0.113. The predicted octanol–water partition coefficient (Wildman–Crippen LogP) is 0.286. The second-order valence-electron chi connectivity index (χ2n) is 5.06. The zero-order chi connectivity index (χ0) is 15.4. The number of benzene rings is 2. The fourth-order valence-corrected chi connectivity index (χ4v) is 5.66. The van der Waals surface area contributed by atoms with Crippen LogP contribution in [0.25, 0.3) is 0 Å². The molecule has 0 unspecified atom stereocenters. The Bertz CT molecular complexity index is 653. The molecule has 0 aliphatic carbocycles. The topological polar surface area (TPSA) is 79.2 Å². The summed E-state index contributed by atoms with van der Waals surface area (Å²) >= 11 is -1.26. The Labute approximate surface area is 135 Å². The molecule has 2 aromatic rings. The van der Waals surface area contributed by atoms with Crippen LogP contribution in [0.3, 0.4) is 0 Å². The van der Waals surface area contributed by atoms with Gasteiger partial charge in [0.15, 0.2) is 0 Å². The van der Waals surface area contributed by atoms with Crippen LogP contribution in [0.15, 0.2) is 48.5 Å². The van der Waals surface area contributed by atoms with Crippen LogP contribution in [0.5, 0.6) is 0 Å². The maximum absolute atomic E-state index is 12.3. The number of carbonyl (C=O) groups is 1.